The number of likely N-dealkylation sites (tertiary alicyclic amines) is 1. The summed E-state index contributed by atoms with van der Waals surface area (Å²) in [7, 11) is 2.15. The summed E-state index contributed by atoms with van der Waals surface area (Å²) in [6.07, 6.45) is 3.99. The van der Waals surface area contributed by atoms with E-state index in [-0.39, 0.29) is 5.91 Å². The van der Waals surface area contributed by atoms with Gasteiger partial charge in [0.15, 0.2) is 0 Å². The number of carbonyl (C=O) groups excluding carboxylic acids is 1. The molecule has 142 valence electrons. The van der Waals surface area contributed by atoms with Crippen LogP contribution in [0.4, 0.5) is 0 Å². The molecule has 0 aliphatic carbocycles. The number of piperidine rings is 1. The SMILES string of the molecule is CN1C[C@H]2COC[C@@H]1CN(C(=O)c1ccc(CN3CCCCC3)cc1)C2. The molecule has 1 aromatic carbocycles. The second-order valence-electron chi connectivity index (χ2n) is 8.24. The molecule has 5 nitrogen and oxygen atoms in total. The molecule has 26 heavy (non-hydrogen) atoms. The maximum Gasteiger partial charge on any atom is 0.253 e. The number of likely N-dealkylation sites (N-methyl/N-ethyl adjacent to an activating group) is 1. The monoisotopic (exact) mass is 357 g/mol. The number of benzene rings is 1. The van der Waals surface area contributed by atoms with Crippen molar-refractivity contribution in [2.45, 2.75) is 31.8 Å². The molecule has 3 fully saturated rings. The molecule has 1 amide bonds. The van der Waals surface area contributed by atoms with Crippen molar-refractivity contribution in [2.24, 2.45) is 5.92 Å². The minimum absolute atomic E-state index is 0.168. The van der Waals surface area contributed by atoms with E-state index in [9.17, 15) is 4.79 Å². The highest BCUT2D eigenvalue weighted by Gasteiger charge is 2.33. The van der Waals surface area contributed by atoms with Crippen LogP contribution in [0.5, 0.6) is 0 Å². The average Bonchev–Trinajstić information content (AvgIpc) is 2.91. The highest BCUT2D eigenvalue weighted by molar-refractivity contribution is 5.94. The number of hydrogen-bond donors (Lipinski definition) is 0. The van der Waals surface area contributed by atoms with Gasteiger partial charge in [0.05, 0.1) is 19.3 Å². The Morgan fingerprint density at radius 2 is 1.81 bits per heavy atom. The minimum Gasteiger partial charge on any atom is -0.379 e. The molecule has 1 aromatic rings. The van der Waals surface area contributed by atoms with Crippen LogP contribution >= 0.6 is 0 Å². The van der Waals surface area contributed by atoms with Crippen molar-refractivity contribution in [1.29, 1.82) is 0 Å². The minimum atomic E-state index is 0.168. The number of carbonyl (C=O) groups is 1. The fourth-order valence-electron chi connectivity index (χ4n) is 4.53. The molecule has 0 saturated carbocycles. The number of fused-ring (bicyclic) bond motifs is 3. The van der Waals surface area contributed by atoms with Gasteiger partial charge in [0.2, 0.25) is 0 Å². The predicted octanol–water partition coefficient (Wildman–Crippen LogP) is 2.08. The smallest absolute Gasteiger partial charge is 0.253 e. The van der Waals surface area contributed by atoms with Crippen molar-refractivity contribution in [1.82, 2.24) is 14.7 Å². The van der Waals surface area contributed by atoms with Crippen molar-refractivity contribution in [2.75, 3.05) is 53.0 Å². The summed E-state index contributed by atoms with van der Waals surface area (Å²) < 4.78 is 5.77. The Morgan fingerprint density at radius 3 is 2.58 bits per heavy atom. The van der Waals surface area contributed by atoms with Crippen LogP contribution in [0.25, 0.3) is 0 Å². The van der Waals surface area contributed by atoms with E-state index in [1.807, 2.05) is 17.0 Å². The van der Waals surface area contributed by atoms with E-state index < -0.39 is 0 Å². The van der Waals surface area contributed by atoms with Crippen LogP contribution in [0.2, 0.25) is 0 Å². The Bertz CT molecular complexity index is 612. The summed E-state index contributed by atoms with van der Waals surface area (Å²) in [4.78, 5) is 20.0. The standard InChI is InChI=1S/C21H31N3O2/c1-22-11-18-13-24(14-20(22)16-26-15-18)21(25)19-7-5-17(6-8-19)12-23-9-3-2-4-10-23/h5-8,18,20H,2-4,9-16H2,1H3/t18-,20+/m1/s1. The van der Waals surface area contributed by atoms with E-state index in [0.717, 1.165) is 45.0 Å². The molecule has 3 saturated heterocycles. The van der Waals surface area contributed by atoms with Crippen molar-refractivity contribution in [3.8, 4) is 0 Å². The molecule has 3 heterocycles. The van der Waals surface area contributed by atoms with E-state index in [0.29, 0.717) is 12.0 Å². The largest absolute Gasteiger partial charge is 0.379 e. The Morgan fingerprint density at radius 1 is 1.04 bits per heavy atom. The van der Waals surface area contributed by atoms with Gasteiger partial charge in [-0.15, -0.1) is 0 Å². The molecule has 0 N–H and O–H groups in total. The molecule has 3 aliphatic rings. The average molecular weight is 357 g/mol. The highest BCUT2D eigenvalue weighted by atomic mass is 16.5. The summed E-state index contributed by atoms with van der Waals surface area (Å²) in [5.41, 5.74) is 2.13. The summed E-state index contributed by atoms with van der Waals surface area (Å²) in [6.45, 7) is 7.48. The number of ether oxygens (including phenoxy) is 1. The molecule has 2 atom stereocenters. The first-order valence-corrected chi connectivity index (χ1v) is 10.1. The van der Waals surface area contributed by atoms with Gasteiger partial charge in [-0.05, 0) is 50.7 Å². The first-order chi connectivity index (χ1) is 12.7. The second-order valence-corrected chi connectivity index (χ2v) is 8.24. The van der Waals surface area contributed by atoms with E-state index in [1.54, 1.807) is 0 Å². The molecular weight excluding hydrogens is 326 g/mol. The summed E-state index contributed by atoms with van der Waals surface area (Å²) in [5.74, 6) is 0.580. The third-order valence-corrected chi connectivity index (χ3v) is 6.09. The molecule has 5 heteroatoms. The summed E-state index contributed by atoms with van der Waals surface area (Å²) in [5, 5.41) is 0. The Kier molecular flexibility index (Phi) is 5.57. The van der Waals surface area contributed by atoms with E-state index in [1.165, 1.54) is 37.9 Å². The summed E-state index contributed by atoms with van der Waals surface area (Å²) >= 11 is 0. The quantitative estimate of drug-likeness (QED) is 0.830. The Hall–Kier alpha value is -1.43. The molecule has 0 unspecified atom stereocenters. The van der Waals surface area contributed by atoms with Crippen molar-refractivity contribution in [3.05, 3.63) is 35.4 Å². The van der Waals surface area contributed by atoms with Gasteiger partial charge in [0, 0.05) is 37.7 Å². The van der Waals surface area contributed by atoms with Gasteiger partial charge >= 0.3 is 0 Å². The number of rotatable bonds is 3. The lowest BCUT2D eigenvalue weighted by Crippen LogP contribution is -2.44. The van der Waals surface area contributed by atoms with E-state index in [4.69, 9.17) is 4.74 Å². The fourth-order valence-corrected chi connectivity index (χ4v) is 4.53. The van der Waals surface area contributed by atoms with Gasteiger partial charge < -0.3 is 9.64 Å². The molecule has 3 aliphatic heterocycles. The third-order valence-electron chi connectivity index (χ3n) is 6.09. The van der Waals surface area contributed by atoms with Crippen molar-refractivity contribution >= 4 is 5.91 Å². The van der Waals surface area contributed by atoms with Crippen LogP contribution in [0.3, 0.4) is 0 Å². The Balaban J connectivity index is 1.41. The highest BCUT2D eigenvalue weighted by Crippen LogP contribution is 2.20. The first kappa shape index (κ1) is 18.0. The molecule has 2 bridgehead atoms. The van der Waals surface area contributed by atoms with Gasteiger partial charge in [-0.25, -0.2) is 0 Å². The zero-order chi connectivity index (χ0) is 17.9. The van der Waals surface area contributed by atoms with Crippen LogP contribution in [0.1, 0.15) is 35.2 Å². The molecule has 4 rings (SSSR count). The van der Waals surface area contributed by atoms with Gasteiger partial charge in [-0.2, -0.15) is 0 Å². The number of amides is 1. The molecule has 0 spiro atoms. The Labute approximate surface area is 156 Å². The van der Waals surface area contributed by atoms with Crippen LogP contribution in [0, 0.1) is 5.92 Å². The molecular formula is C21H31N3O2. The van der Waals surface area contributed by atoms with Crippen molar-refractivity contribution < 1.29 is 9.53 Å². The van der Waals surface area contributed by atoms with Crippen LogP contribution < -0.4 is 0 Å². The topological polar surface area (TPSA) is 36.0 Å². The lowest BCUT2D eigenvalue weighted by Gasteiger charge is -2.30. The number of hydrogen-bond acceptors (Lipinski definition) is 4. The van der Waals surface area contributed by atoms with Gasteiger partial charge in [-0.1, -0.05) is 18.6 Å². The molecule has 0 aromatic heterocycles. The molecule has 0 radical (unpaired) electrons. The van der Waals surface area contributed by atoms with Gasteiger partial charge in [0.25, 0.3) is 5.91 Å². The zero-order valence-corrected chi connectivity index (χ0v) is 15.9. The maximum absolute atomic E-state index is 13.0. The van der Waals surface area contributed by atoms with Crippen LogP contribution in [0.15, 0.2) is 24.3 Å². The van der Waals surface area contributed by atoms with Gasteiger partial charge in [-0.3, -0.25) is 14.6 Å². The fraction of sp³-hybridized carbons (Fsp3) is 0.667. The normalized spacial score (nSPS) is 28.0. The van der Waals surface area contributed by atoms with Crippen molar-refractivity contribution in [3.63, 3.8) is 0 Å². The summed E-state index contributed by atoms with van der Waals surface area (Å²) in [6, 6.07) is 8.61. The number of nitrogens with zero attached hydrogens (tertiary/aromatic N) is 3. The van der Waals surface area contributed by atoms with E-state index in [2.05, 4.69) is 29.0 Å². The zero-order valence-electron chi connectivity index (χ0n) is 15.9. The van der Waals surface area contributed by atoms with Crippen LogP contribution in [-0.4, -0.2) is 79.6 Å². The second kappa shape index (κ2) is 8.07. The first-order valence-electron chi connectivity index (χ1n) is 10.1. The predicted molar refractivity (Wildman–Crippen MR) is 102 cm³/mol. The lowest BCUT2D eigenvalue weighted by molar-refractivity contribution is 0.0433. The van der Waals surface area contributed by atoms with Crippen LogP contribution in [-0.2, 0) is 11.3 Å². The maximum atomic E-state index is 13.0. The van der Waals surface area contributed by atoms with E-state index >= 15 is 0 Å². The van der Waals surface area contributed by atoms with Gasteiger partial charge in [0.1, 0.15) is 0 Å². The third kappa shape index (κ3) is 4.11. The lowest BCUT2D eigenvalue weighted by atomic mass is 10.1.